The minimum absolute atomic E-state index is 0.0225. The Kier molecular flexibility index (Phi) is 7.37. The second kappa shape index (κ2) is 9.98. The Bertz CT molecular complexity index is 1060. The fraction of sp³-hybridized carbons (Fsp3) is 0.190. The Morgan fingerprint density at radius 2 is 1.77 bits per heavy atom. The molecule has 1 aromatic heterocycles. The normalized spacial score (nSPS) is 10.7. The lowest BCUT2D eigenvalue weighted by molar-refractivity contribution is -0.147. The molecular weight excluding hydrogens is 451 g/mol. The number of hydrogen-bond donors (Lipinski definition) is 1. The zero-order valence-electron chi connectivity index (χ0n) is 15.9. The number of nitrogens with zero attached hydrogens (tertiary/aromatic N) is 1. The number of carbonyl (C=O) groups excluding carboxylic acids is 2. The van der Waals surface area contributed by atoms with Gasteiger partial charge >= 0.3 is 5.97 Å². The molecule has 156 valence electrons. The van der Waals surface area contributed by atoms with Gasteiger partial charge in [0, 0.05) is 12.0 Å². The fourth-order valence-corrected chi connectivity index (χ4v) is 3.10. The van der Waals surface area contributed by atoms with Gasteiger partial charge in [-0.3, -0.25) is 9.59 Å². The third kappa shape index (κ3) is 5.98. The van der Waals surface area contributed by atoms with Gasteiger partial charge < -0.3 is 14.5 Å². The van der Waals surface area contributed by atoms with Crippen molar-refractivity contribution < 1.29 is 18.7 Å². The maximum Gasteiger partial charge on any atom is 0.306 e. The fourth-order valence-electron chi connectivity index (χ4n) is 2.51. The molecule has 0 aliphatic carbocycles. The highest BCUT2D eigenvalue weighted by Crippen LogP contribution is 2.32. The number of halogens is 3. The van der Waals surface area contributed by atoms with Crippen LogP contribution in [0.4, 0.5) is 5.69 Å². The van der Waals surface area contributed by atoms with Gasteiger partial charge in [-0.2, -0.15) is 0 Å². The first-order chi connectivity index (χ1) is 14.3. The van der Waals surface area contributed by atoms with Gasteiger partial charge in [0.2, 0.25) is 0 Å². The van der Waals surface area contributed by atoms with Gasteiger partial charge in [0.25, 0.3) is 5.91 Å². The summed E-state index contributed by atoms with van der Waals surface area (Å²) in [5.41, 5.74) is 2.32. The van der Waals surface area contributed by atoms with Crippen molar-refractivity contribution >= 4 is 52.4 Å². The quantitative estimate of drug-likeness (QED) is 0.355. The van der Waals surface area contributed by atoms with E-state index in [1.54, 1.807) is 6.20 Å². The second-order valence-electron chi connectivity index (χ2n) is 6.44. The molecule has 3 rings (SSSR count). The van der Waals surface area contributed by atoms with E-state index in [1.807, 2.05) is 31.2 Å². The number of oxazole rings is 1. The van der Waals surface area contributed by atoms with Gasteiger partial charge in [-0.05, 0) is 19.1 Å². The van der Waals surface area contributed by atoms with Crippen molar-refractivity contribution in [2.45, 2.75) is 19.8 Å². The van der Waals surface area contributed by atoms with Crippen LogP contribution in [-0.2, 0) is 20.7 Å². The molecule has 3 aromatic rings. The molecule has 0 aliphatic heterocycles. The van der Waals surface area contributed by atoms with Gasteiger partial charge in [-0.25, -0.2) is 4.98 Å². The van der Waals surface area contributed by atoms with Crippen molar-refractivity contribution in [3.05, 3.63) is 69.1 Å². The number of anilines is 1. The van der Waals surface area contributed by atoms with E-state index in [1.165, 1.54) is 12.1 Å². The summed E-state index contributed by atoms with van der Waals surface area (Å²) in [5, 5.41) is 3.24. The van der Waals surface area contributed by atoms with Crippen LogP contribution in [0, 0.1) is 6.92 Å². The smallest absolute Gasteiger partial charge is 0.306 e. The third-order valence-electron chi connectivity index (χ3n) is 4.08. The number of aromatic nitrogens is 1. The number of ether oxygens (including phenoxy) is 1. The largest absolute Gasteiger partial charge is 0.456 e. The number of rotatable bonds is 7. The number of amides is 1. The Balaban J connectivity index is 1.45. The van der Waals surface area contributed by atoms with Crippen molar-refractivity contribution in [3.8, 4) is 11.3 Å². The highest BCUT2D eigenvalue weighted by molar-refractivity contribution is 6.44. The number of hydrogen-bond acceptors (Lipinski definition) is 5. The van der Waals surface area contributed by atoms with Gasteiger partial charge in [0.15, 0.2) is 18.3 Å². The van der Waals surface area contributed by atoms with E-state index >= 15 is 0 Å². The van der Waals surface area contributed by atoms with E-state index in [0.717, 1.165) is 11.1 Å². The van der Waals surface area contributed by atoms with Crippen LogP contribution in [0.25, 0.3) is 11.3 Å². The summed E-state index contributed by atoms with van der Waals surface area (Å²) in [5.74, 6) is -0.0762. The summed E-state index contributed by atoms with van der Waals surface area (Å²) in [6.45, 7) is 1.54. The molecule has 1 amide bonds. The van der Waals surface area contributed by atoms with Crippen LogP contribution in [-0.4, -0.2) is 23.5 Å². The van der Waals surface area contributed by atoms with Crippen molar-refractivity contribution in [2.24, 2.45) is 0 Å². The van der Waals surface area contributed by atoms with E-state index in [4.69, 9.17) is 44.0 Å². The molecule has 0 unspecified atom stereocenters. The Morgan fingerprint density at radius 3 is 2.50 bits per heavy atom. The molecule has 0 bridgehead atoms. The van der Waals surface area contributed by atoms with Crippen LogP contribution < -0.4 is 5.32 Å². The summed E-state index contributed by atoms with van der Waals surface area (Å²) in [4.78, 5) is 28.1. The van der Waals surface area contributed by atoms with Crippen LogP contribution in [0.15, 0.2) is 47.0 Å². The van der Waals surface area contributed by atoms with E-state index in [0.29, 0.717) is 11.7 Å². The molecule has 0 radical (unpaired) electrons. The molecule has 9 heteroatoms. The molecule has 6 nitrogen and oxygen atoms in total. The highest BCUT2D eigenvalue weighted by Gasteiger charge is 2.13. The zero-order chi connectivity index (χ0) is 21.7. The van der Waals surface area contributed by atoms with Crippen LogP contribution in [0.2, 0.25) is 15.1 Å². The number of benzene rings is 2. The van der Waals surface area contributed by atoms with Crippen molar-refractivity contribution in [1.29, 1.82) is 0 Å². The van der Waals surface area contributed by atoms with Gasteiger partial charge in [0.05, 0.1) is 33.4 Å². The standard InChI is InChI=1S/C21H17Cl3N2O4/c1-12-2-4-13(5-3-12)18-10-25-20(30-18)6-7-21(28)29-11-19(27)26-17-9-15(23)14(22)8-16(17)24/h2-5,8-10H,6-7,11H2,1H3,(H,26,27). The summed E-state index contributed by atoms with van der Waals surface area (Å²) < 4.78 is 10.6. The van der Waals surface area contributed by atoms with Crippen LogP contribution in [0.5, 0.6) is 0 Å². The first-order valence-electron chi connectivity index (χ1n) is 8.93. The minimum Gasteiger partial charge on any atom is -0.456 e. The van der Waals surface area contributed by atoms with Crippen LogP contribution >= 0.6 is 34.8 Å². The topological polar surface area (TPSA) is 81.4 Å². The van der Waals surface area contributed by atoms with E-state index < -0.39 is 18.5 Å². The maximum atomic E-state index is 12.0. The van der Waals surface area contributed by atoms with Gasteiger partial charge in [0.1, 0.15) is 0 Å². The maximum absolute atomic E-state index is 12.0. The molecule has 30 heavy (non-hydrogen) atoms. The summed E-state index contributed by atoms with van der Waals surface area (Å²) in [6, 6.07) is 10.7. The second-order valence-corrected chi connectivity index (χ2v) is 7.66. The number of esters is 1. The summed E-state index contributed by atoms with van der Waals surface area (Å²) in [7, 11) is 0. The van der Waals surface area contributed by atoms with Crippen molar-refractivity contribution in [3.63, 3.8) is 0 Å². The van der Waals surface area contributed by atoms with Crippen molar-refractivity contribution in [2.75, 3.05) is 11.9 Å². The lowest BCUT2D eigenvalue weighted by atomic mass is 10.1. The summed E-state index contributed by atoms with van der Waals surface area (Å²) in [6.07, 6.45) is 1.89. The SMILES string of the molecule is Cc1ccc(-c2cnc(CCC(=O)OCC(=O)Nc3cc(Cl)c(Cl)cc3Cl)o2)cc1. The third-order valence-corrected chi connectivity index (χ3v) is 5.12. The van der Waals surface area contributed by atoms with E-state index in [2.05, 4.69) is 10.3 Å². The average molecular weight is 468 g/mol. The van der Waals surface area contributed by atoms with Gasteiger partial charge in [-0.15, -0.1) is 0 Å². The van der Waals surface area contributed by atoms with E-state index in [-0.39, 0.29) is 33.6 Å². The zero-order valence-corrected chi connectivity index (χ0v) is 18.1. The molecule has 0 saturated carbocycles. The predicted molar refractivity (Wildman–Crippen MR) is 116 cm³/mol. The molecule has 0 atom stereocenters. The molecule has 0 spiro atoms. The van der Waals surface area contributed by atoms with Crippen LogP contribution in [0.1, 0.15) is 17.9 Å². The Labute approximate surface area is 188 Å². The van der Waals surface area contributed by atoms with Gasteiger partial charge in [-0.1, -0.05) is 64.6 Å². The van der Waals surface area contributed by atoms with Crippen LogP contribution in [0.3, 0.4) is 0 Å². The molecule has 0 saturated heterocycles. The molecule has 2 aromatic carbocycles. The number of nitrogens with one attached hydrogen (secondary N) is 1. The molecule has 1 N–H and O–H groups in total. The Morgan fingerprint density at radius 1 is 1.07 bits per heavy atom. The van der Waals surface area contributed by atoms with Crippen molar-refractivity contribution in [1.82, 2.24) is 4.98 Å². The molecular formula is C21H17Cl3N2O4. The lowest BCUT2D eigenvalue weighted by Gasteiger charge is -2.09. The lowest BCUT2D eigenvalue weighted by Crippen LogP contribution is -2.21. The minimum atomic E-state index is -0.555. The first-order valence-corrected chi connectivity index (χ1v) is 10.1. The molecule has 0 aliphatic rings. The monoisotopic (exact) mass is 466 g/mol. The number of aryl methyl sites for hydroxylation is 2. The Hall–Kier alpha value is -2.54. The predicted octanol–water partition coefficient (Wildman–Crippen LogP) is 5.72. The summed E-state index contributed by atoms with van der Waals surface area (Å²) >= 11 is 17.7. The molecule has 0 fully saturated rings. The first kappa shape index (κ1) is 22.2. The van der Waals surface area contributed by atoms with E-state index in [9.17, 15) is 9.59 Å². The number of carbonyl (C=O) groups is 2. The highest BCUT2D eigenvalue weighted by atomic mass is 35.5. The average Bonchev–Trinajstić information content (AvgIpc) is 3.18. The molecule has 1 heterocycles.